The van der Waals surface area contributed by atoms with Crippen LogP contribution in [0.5, 0.6) is 0 Å². The molecule has 7 nitrogen and oxygen atoms in total. The molecule has 1 fully saturated rings. The molecule has 23 heavy (non-hydrogen) atoms. The van der Waals surface area contributed by atoms with Crippen molar-refractivity contribution in [2.45, 2.75) is 64.6 Å². The summed E-state index contributed by atoms with van der Waals surface area (Å²) < 4.78 is 7.27. The molecule has 128 valence electrons. The van der Waals surface area contributed by atoms with E-state index in [2.05, 4.69) is 15.7 Å². The number of rotatable bonds is 6. The summed E-state index contributed by atoms with van der Waals surface area (Å²) >= 11 is 0. The van der Waals surface area contributed by atoms with E-state index in [0.717, 1.165) is 31.2 Å². The third-order valence-corrected chi connectivity index (χ3v) is 3.95. The molecule has 1 aromatic rings. The molecule has 1 saturated carbocycles. The first-order chi connectivity index (χ1) is 11.1. The normalized spacial score (nSPS) is 20.8. The van der Waals surface area contributed by atoms with Gasteiger partial charge in [-0.2, -0.15) is 5.10 Å². The summed E-state index contributed by atoms with van der Waals surface area (Å²) in [5, 5.41) is 9.82. The third-order valence-electron chi connectivity index (χ3n) is 3.95. The van der Waals surface area contributed by atoms with Crippen LogP contribution in [0.4, 0.5) is 4.79 Å². The lowest BCUT2D eigenvalue weighted by Gasteiger charge is -2.28. The molecule has 7 heteroatoms. The van der Waals surface area contributed by atoms with Gasteiger partial charge >= 0.3 is 12.0 Å². The van der Waals surface area contributed by atoms with Gasteiger partial charge in [0.2, 0.25) is 0 Å². The summed E-state index contributed by atoms with van der Waals surface area (Å²) in [5.41, 5.74) is 1.08. The monoisotopic (exact) mass is 322 g/mol. The van der Waals surface area contributed by atoms with E-state index in [1.165, 1.54) is 0 Å². The van der Waals surface area contributed by atoms with Gasteiger partial charge in [0, 0.05) is 18.8 Å². The molecule has 0 spiro atoms. The van der Waals surface area contributed by atoms with E-state index in [0.29, 0.717) is 19.5 Å². The van der Waals surface area contributed by atoms with E-state index in [9.17, 15) is 9.59 Å². The minimum atomic E-state index is -0.182. The molecule has 0 saturated heterocycles. The second-order valence-corrected chi connectivity index (χ2v) is 6.00. The van der Waals surface area contributed by atoms with Gasteiger partial charge in [-0.05, 0) is 45.1 Å². The lowest BCUT2D eigenvalue weighted by atomic mass is 9.93. The van der Waals surface area contributed by atoms with E-state index in [4.69, 9.17) is 4.74 Å². The van der Waals surface area contributed by atoms with Gasteiger partial charge in [-0.15, -0.1) is 0 Å². The number of ether oxygens (including phenoxy) is 1. The van der Waals surface area contributed by atoms with Gasteiger partial charge in [0.1, 0.15) is 6.10 Å². The van der Waals surface area contributed by atoms with Crippen LogP contribution in [0.2, 0.25) is 0 Å². The van der Waals surface area contributed by atoms with Crippen molar-refractivity contribution in [2.75, 3.05) is 6.54 Å². The largest absolute Gasteiger partial charge is 0.462 e. The molecule has 0 radical (unpaired) electrons. The Morgan fingerprint density at radius 2 is 2.09 bits per heavy atom. The van der Waals surface area contributed by atoms with E-state index in [1.54, 1.807) is 10.9 Å². The standard InChI is InChI=1S/C16H26N4O3/c1-3-17-16(22)19-13-4-6-14(7-5-13)23-15(21)8-9-20-11-12(2)10-18-20/h10-11,13-14H,3-9H2,1-2H3,(H2,17,19,22). The lowest BCUT2D eigenvalue weighted by molar-refractivity contribution is -0.151. The highest BCUT2D eigenvalue weighted by atomic mass is 16.5. The van der Waals surface area contributed by atoms with Crippen LogP contribution in [0.1, 0.15) is 44.6 Å². The van der Waals surface area contributed by atoms with E-state index in [1.807, 2.05) is 20.0 Å². The van der Waals surface area contributed by atoms with Gasteiger partial charge in [0.15, 0.2) is 0 Å². The Hall–Kier alpha value is -2.05. The second kappa shape index (κ2) is 8.55. The number of nitrogens with one attached hydrogen (secondary N) is 2. The molecule has 1 aromatic heterocycles. The molecule has 2 rings (SSSR count). The van der Waals surface area contributed by atoms with Crippen LogP contribution in [0, 0.1) is 6.92 Å². The van der Waals surface area contributed by atoms with Gasteiger partial charge in [-0.3, -0.25) is 9.48 Å². The number of aromatic nitrogens is 2. The Kier molecular flexibility index (Phi) is 6.43. The minimum Gasteiger partial charge on any atom is -0.462 e. The molecule has 2 amide bonds. The summed E-state index contributed by atoms with van der Waals surface area (Å²) in [4.78, 5) is 23.4. The van der Waals surface area contributed by atoms with E-state index >= 15 is 0 Å². The number of nitrogens with zero attached hydrogens (tertiary/aromatic N) is 2. The van der Waals surface area contributed by atoms with Crippen LogP contribution in [-0.2, 0) is 16.1 Å². The smallest absolute Gasteiger partial charge is 0.314 e. The Morgan fingerprint density at radius 3 is 2.70 bits per heavy atom. The molecule has 1 aliphatic rings. The maximum atomic E-state index is 11.9. The maximum Gasteiger partial charge on any atom is 0.314 e. The van der Waals surface area contributed by atoms with Crippen LogP contribution in [0.25, 0.3) is 0 Å². The van der Waals surface area contributed by atoms with Crippen molar-refractivity contribution in [1.82, 2.24) is 20.4 Å². The van der Waals surface area contributed by atoms with Crippen LogP contribution in [0.3, 0.4) is 0 Å². The Labute approximate surface area is 136 Å². The van der Waals surface area contributed by atoms with E-state index in [-0.39, 0.29) is 24.1 Å². The number of carbonyl (C=O) groups is 2. The van der Waals surface area contributed by atoms with E-state index < -0.39 is 0 Å². The number of urea groups is 1. The summed E-state index contributed by atoms with van der Waals surface area (Å²) in [6.45, 7) is 5.02. The van der Waals surface area contributed by atoms with Crippen LogP contribution < -0.4 is 10.6 Å². The van der Waals surface area contributed by atoms with Gasteiger partial charge in [0.05, 0.1) is 19.2 Å². The van der Waals surface area contributed by atoms with Crippen molar-refractivity contribution in [3.63, 3.8) is 0 Å². The molecule has 2 N–H and O–H groups in total. The first-order valence-corrected chi connectivity index (χ1v) is 8.29. The fraction of sp³-hybridized carbons (Fsp3) is 0.688. The minimum absolute atomic E-state index is 0.0332. The second-order valence-electron chi connectivity index (χ2n) is 6.00. The van der Waals surface area contributed by atoms with Crippen molar-refractivity contribution >= 4 is 12.0 Å². The average molecular weight is 322 g/mol. The van der Waals surface area contributed by atoms with Crippen LogP contribution in [0.15, 0.2) is 12.4 Å². The zero-order valence-electron chi connectivity index (χ0n) is 13.9. The number of aryl methyl sites for hydroxylation is 2. The van der Waals surface area contributed by atoms with Crippen molar-refractivity contribution < 1.29 is 14.3 Å². The number of esters is 1. The fourth-order valence-corrected chi connectivity index (χ4v) is 2.76. The summed E-state index contributed by atoms with van der Waals surface area (Å²) in [6, 6.07) is 0.0472. The molecule has 0 unspecified atom stereocenters. The summed E-state index contributed by atoms with van der Waals surface area (Å²) in [5.74, 6) is -0.182. The van der Waals surface area contributed by atoms with Gasteiger partial charge in [-0.1, -0.05) is 0 Å². The Morgan fingerprint density at radius 1 is 1.35 bits per heavy atom. The Balaban J connectivity index is 1.63. The van der Waals surface area contributed by atoms with Gasteiger partial charge in [-0.25, -0.2) is 4.79 Å². The molecule has 1 aliphatic carbocycles. The maximum absolute atomic E-state index is 11.9. The predicted octanol–water partition coefficient (Wildman–Crippen LogP) is 1.76. The molecule has 0 atom stereocenters. The summed E-state index contributed by atoms with van der Waals surface area (Å²) in [6.07, 6.45) is 7.25. The Bertz CT molecular complexity index is 521. The summed E-state index contributed by atoms with van der Waals surface area (Å²) in [7, 11) is 0. The highest BCUT2D eigenvalue weighted by Gasteiger charge is 2.24. The van der Waals surface area contributed by atoms with Crippen molar-refractivity contribution in [1.29, 1.82) is 0 Å². The number of amides is 2. The first kappa shape index (κ1) is 17.3. The van der Waals surface area contributed by atoms with Gasteiger partial charge in [0.25, 0.3) is 0 Å². The first-order valence-electron chi connectivity index (χ1n) is 8.29. The molecule has 0 aliphatic heterocycles. The highest BCUT2D eigenvalue weighted by molar-refractivity contribution is 5.74. The number of hydrogen-bond acceptors (Lipinski definition) is 4. The molecular formula is C16H26N4O3. The topological polar surface area (TPSA) is 85.3 Å². The zero-order valence-corrected chi connectivity index (χ0v) is 13.9. The van der Waals surface area contributed by atoms with Gasteiger partial charge < -0.3 is 15.4 Å². The quantitative estimate of drug-likeness (QED) is 0.782. The lowest BCUT2D eigenvalue weighted by Crippen LogP contribution is -2.44. The fourth-order valence-electron chi connectivity index (χ4n) is 2.76. The zero-order chi connectivity index (χ0) is 16.7. The van der Waals surface area contributed by atoms with Crippen molar-refractivity contribution in [3.05, 3.63) is 18.0 Å². The third kappa shape index (κ3) is 5.92. The number of carbonyl (C=O) groups excluding carboxylic acids is 2. The van der Waals surface area contributed by atoms with Crippen molar-refractivity contribution in [3.8, 4) is 0 Å². The SMILES string of the molecule is CCNC(=O)NC1CCC(OC(=O)CCn2cc(C)cn2)CC1. The molecule has 0 aromatic carbocycles. The average Bonchev–Trinajstić information content (AvgIpc) is 2.93. The van der Waals surface area contributed by atoms with Crippen LogP contribution in [-0.4, -0.2) is 40.5 Å². The number of hydrogen-bond donors (Lipinski definition) is 2. The van der Waals surface area contributed by atoms with Crippen molar-refractivity contribution in [2.24, 2.45) is 0 Å². The van der Waals surface area contributed by atoms with Crippen LogP contribution >= 0.6 is 0 Å². The molecule has 0 bridgehead atoms. The predicted molar refractivity (Wildman–Crippen MR) is 85.9 cm³/mol. The molecule has 1 heterocycles. The highest BCUT2D eigenvalue weighted by Crippen LogP contribution is 2.21. The molecular weight excluding hydrogens is 296 g/mol.